The molecule has 0 aliphatic carbocycles. The number of aliphatic hydroxyl groups is 1. The maximum atomic E-state index is 13.3. The maximum Gasteiger partial charge on any atom is 0.290 e. The Morgan fingerprint density at radius 2 is 1.93 bits per heavy atom. The molecule has 7 heteroatoms. The number of Topliss-reactive ketones (excluding diaryl/α,β-unsaturated/α-hetero) is 1. The Balaban J connectivity index is 1.84. The van der Waals surface area contributed by atoms with Crippen molar-refractivity contribution in [1.82, 2.24) is 4.90 Å². The number of fused-ring (bicyclic) bond motifs is 1. The number of furan rings is 1. The van der Waals surface area contributed by atoms with Gasteiger partial charge in [0, 0.05) is 11.9 Å². The van der Waals surface area contributed by atoms with Gasteiger partial charge in [0.05, 0.1) is 16.6 Å². The number of hydrogen-bond acceptors (Lipinski definition) is 5. The second kappa shape index (κ2) is 7.29. The smallest absolute Gasteiger partial charge is 0.290 e. The Bertz CT molecular complexity index is 1130. The Labute approximate surface area is 171 Å². The van der Waals surface area contributed by atoms with Gasteiger partial charge in [0.15, 0.2) is 11.5 Å². The molecule has 2 heterocycles. The van der Waals surface area contributed by atoms with Crippen molar-refractivity contribution in [1.29, 1.82) is 0 Å². The summed E-state index contributed by atoms with van der Waals surface area (Å²) in [6.45, 7) is 2.23. The highest BCUT2D eigenvalue weighted by Gasteiger charge is 2.44. The molecule has 1 aliphatic heterocycles. The summed E-state index contributed by atoms with van der Waals surface area (Å²) >= 11 is 6.05. The van der Waals surface area contributed by atoms with Gasteiger partial charge < -0.3 is 19.5 Å². The fourth-order valence-electron chi connectivity index (χ4n) is 3.62. The van der Waals surface area contributed by atoms with Gasteiger partial charge >= 0.3 is 0 Å². The number of benzene rings is 2. The number of aliphatic hydroxyl groups excluding tert-OH is 1. The number of para-hydroxylation sites is 1. The van der Waals surface area contributed by atoms with Gasteiger partial charge in [0.25, 0.3) is 5.91 Å². The van der Waals surface area contributed by atoms with E-state index in [1.54, 1.807) is 24.3 Å². The van der Waals surface area contributed by atoms with Gasteiger partial charge in [-0.05, 0) is 36.2 Å². The highest BCUT2D eigenvalue weighted by Crippen LogP contribution is 2.41. The summed E-state index contributed by atoms with van der Waals surface area (Å²) in [4.78, 5) is 27.4. The van der Waals surface area contributed by atoms with Gasteiger partial charge in [0.1, 0.15) is 11.3 Å². The molecule has 6 nitrogen and oxygen atoms in total. The summed E-state index contributed by atoms with van der Waals surface area (Å²) < 4.78 is 5.66. The number of hydrogen-bond donors (Lipinski definition) is 2. The number of carbonyl (C=O) groups excluding carboxylic acids is 2. The lowest BCUT2D eigenvalue weighted by Gasteiger charge is -2.26. The van der Waals surface area contributed by atoms with E-state index in [9.17, 15) is 19.8 Å². The van der Waals surface area contributed by atoms with Crippen LogP contribution in [0.15, 0.2) is 64.3 Å². The first kappa shape index (κ1) is 19.1. The molecule has 0 bridgehead atoms. The van der Waals surface area contributed by atoms with Crippen molar-refractivity contribution in [2.75, 3.05) is 6.54 Å². The number of rotatable bonds is 5. The predicted octanol–water partition coefficient (Wildman–Crippen LogP) is 4.78. The predicted molar refractivity (Wildman–Crippen MR) is 108 cm³/mol. The van der Waals surface area contributed by atoms with Crippen LogP contribution in [0.1, 0.15) is 35.5 Å². The zero-order valence-electron chi connectivity index (χ0n) is 15.6. The SMILES string of the molecule is CCCN1C(=O)C(O)=C(C(=O)c2cc3ccccc3o2)C1c1ccc(O)c(Cl)c1. The molecule has 2 N–H and O–H groups in total. The fraction of sp³-hybridized carbons (Fsp3) is 0.182. The first-order valence-electron chi connectivity index (χ1n) is 9.18. The lowest BCUT2D eigenvalue weighted by molar-refractivity contribution is -0.129. The average Bonchev–Trinajstić information content (AvgIpc) is 3.25. The molecular weight excluding hydrogens is 394 g/mol. The minimum atomic E-state index is -0.832. The van der Waals surface area contributed by atoms with Crippen LogP contribution in [0.3, 0.4) is 0 Å². The Morgan fingerprint density at radius 3 is 2.62 bits per heavy atom. The first-order chi connectivity index (χ1) is 13.9. The molecular formula is C22H18ClNO5. The highest BCUT2D eigenvalue weighted by molar-refractivity contribution is 6.32. The molecule has 0 radical (unpaired) electrons. The van der Waals surface area contributed by atoms with E-state index in [2.05, 4.69) is 0 Å². The number of carbonyl (C=O) groups is 2. The number of halogens is 1. The third kappa shape index (κ3) is 3.15. The van der Waals surface area contributed by atoms with Crippen LogP contribution in [-0.2, 0) is 4.79 Å². The summed E-state index contributed by atoms with van der Waals surface area (Å²) in [5.41, 5.74) is 0.984. The lowest BCUT2D eigenvalue weighted by Crippen LogP contribution is -2.31. The van der Waals surface area contributed by atoms with Crippen LogP contribution < -0.4 is 0 Å². The van der Waals surface area contributed by atoms with E-state index in [1.165, 1.54) is 17.0 Å². The second-order valence-corrected chi connectivity index (χ2v) is 7.26. The van der Waals surface area contributed by atoms with E-state index in [0.717, 1.165) is 5.39 Å². The van der Waals surface area contributed by atoms with Crippen molar-refractivity contribution < 1.29 is 24.2 Å². The maximum absolute atomic E-state index is 13.3. The molecule has 2 aromatic carbocycles. The van der Waals surface area contributed by atoms with Crippen LogP contribution in [0.5, 0.6) is 5.75 Å². The standard InChI is InChI=1S/C22H18ClNO5/c1-2-9-24-19(13-7-8-15(25)14(23)10-13)18(21(27)22(24)28)20(26)17-11-12-5-3-4-6-16(12)29-17/h3-8,10-11,19,25,27H,2,9H2,1H3. The number of aromatic hydroxyl groups is 1. The molecule has 1 atom stereocenters. The normalized spacial score (nSPS) is 16.8. The van der Waals surface area contributed by atoms with Crippen molar-refractivity contribution >= 4 is 34.3 Å². The van der Waals surface area contributed by atoms with Gasteiger partial charge in [-0.3, -0.25) is 9.59 Å². The molecule has 0 saturated heterocycles. The molecule has 3 aromatic rings. The molecule has 148 valence electrons. The number of ketones is 1. The molecule has 1 unspecified atom stereocenters. The molecule has 0 spiro atoms. The van der Waals surface area contributed by atoms with Crippen molar-refractivity contribution in [3.8, 4) is 5.75 Å². The molecule has 29 heavy (non-hydrogen) atoms. The number of amides is 1. The monoisotopic (exact) mass is 411 g/mol. The molecule has 0 saturated carbocycles. The van der Waals surface area contributed by atoms with Crippen LogP contribution in [0.2, 0.25) is 5.02 Å². The van der Waals surface area contributed by atoms with Gasteiger partial charge in [-0.2, -0.15) is 0 Å². The summed E-state index contributed by atoms with van der Waals surface area (Å²) in [5, 5.41) is 21.1. The summed E-state index contributed by atoms with van der Waals surface area (Å²) in [6.07, 6.45) is 0.632. The van der Waals surface area contributed by atoms with Crippen LogP contribution >= 0.6 is 11.6 Å². The number of phenolic OH excluding ortho intramolecular Hbond substituents is 1. The Hall–Kier alpha value is -3.25. The molecule has 1 amide bonds. The van der Waals surface area contributed by atoms with E-state index in [1.807, 2.05) is 19.1 Å². The van der Waals surface area contributed by atoms with Gasteiger partial charge in [-0.25, -0.2) is 0 Å². The Morgan fingerprint density at radius 1 is 1.17 bits per heavy atom. The van der Waals surface area contributed by atoms with Crippen LogP contribution in [0.25, 0.3) is 11.0 Å². The lowest BCUT2D eigenvalue weighted by atomic mass is 9.95. The molecule has 1 aromatic heterocycles. The zero-order chi connectivity index (χ0) is 20.7. The van der Waals surface area contributed by atoms with E-state index in [4.69, 9.17) is 16.0 Å². The number of nitrogens with zero attached hydrogens (tertiary/aromatic N) is 1. The van der Waals surface area contributed by atoms with Crippen LogP contribution in [0, 0.1) is 0 Å². The minimum absolute atomic E-state index is 0.0359. The van der Waals surface area contributed by atoms with E-state index < -0.39 is 23.5 Å². The van der Waals surface area contributed by atoms with Crippen molar-refractivity contribution in [2.24, 2.45) is 0 Å². The molecule has 4 rings (SSSR count). The second-order valence-electron chi connectivity index (χ2n) is 6.85. The third-order valence-electron chi connectivity index (χ3n) is 4.95. The molecule has 1 aliphatic rings. The third-order valence-corrected chi connectivity index (χ3v) is 5.25. The largest absolute Gasteiger partial charge is 0.506 e. The fourth-order valence-corrected chi connectivity index (χ4v) is 3.81. The quantitative estimate of drug-likeness (QED) is 0.589. The van der Waals surface area contributed by atoms with Crippen molar-refractivity contribution in [3.05, 3.63) is 76.2 Å². The van der Waals surface area contributed by atoms with Crippen molar-refractivity contribution in [2.45, 2.75) is 19.4 Å². The van der Waals surface area contributed by atoms with E-state index >= 15 is 0 Å². The Kier molecular flexibility index (Phi) is 4.80. The van der Waals surface area contributed by atoms with Gasteiger partial charge in [-0.1, -0.05) is 42.8 Å². The molecule has 0 fully saturated rings. The summed E-state index contributed by atoms with van der Waals surface area (Å²) in [5.74, 6) is -1.87. The first-order valence-corrected chi connectivity index (χ1v) is 9.56. The number of phenols is 1. The highest BCUT2D eigenvalue weighted by atomic mass is 35.5. The van der Waals surface area contributed by atoms with E-state index in [0.29, 0.717) is 24.1 Å². The van der Waals surface area contributed by atoms with Crippen molar-refractivity contribution in [3.63, 3.8) is 0 Å². The van der Waals surface area contributed by atoms with E-state index in [-0.39, 0.29) is 22.1 Å². The van der Waals surface area contributed by atoms with Gasteiger partial charge in [0.2, 0.25) is 5.78 Å². The zero-order valence-corrected chi connectivity index (χ0v) is 16.3. The minimum Gasteiger partial charge on any atom is -0.506 e. The topological polar surface area (TPSA) is 91.0 Å². The van der Waals surface area contributed by atoms with Gasteiger partial charge in [-0.15, -0.1) is 0 Å². The average molecular weight is 412 g/mol. The van der Waals surface area contributed by atoms with Crippen LogP contribution in [-0.4, -0.2) is 33.3 Å². The summed E-state index contributed by atoms with van der Waals surface area (Å²) in [6, 6.07) is 12.4. The van der Waals surface area contributed by atoms with Crippen LogP contribution in [0.4, 0.5) is 0 Å². The summed E-state index contributed by atoms with van der Waals surface area (Å²) in [7, 11) is 0.